The van der Waals surface area contributed by atoms with Crippen LogP contribution < -0.4 is 11.1 Å². The number of nitrogens with one attached hydrogen (secondary N) is 1. The van der Waals surface area contributed by atoms with E-state index in [9.17, 15) is 9.18 Å². The first kappa shape index (κ1) is 15.2. The van der Waals surface area contributed by atoms with Gasteiger partial charge in [-0.2, -0.15) is 5.26 Å². The molecule has 0 bridgehead atoms. The van der Waals surface area contributed by atoms with Crippen molar-refractivity contribution < 1.29 is 13.9 Å². The molecule has 0 aliphatic carbocycles. The molecule has 0 aromatic heterocycles. The van der Waals surface area contributed by atoms with E-state index in [1.54, 1.807) is 4.90 Å². The van der Waals surface area contributed by atoms with Crippen LogP contribution in [0.15, 0.2) is 18.2 Å². The summed E-state index contributed by atoms with van der Waals surface area (Å²) in [6.07, 6.45) is 0.593. The molecule has 1 aromatic carbocycles. The molecule has 21 heavy (non-hydrogen) atoms. The molecule has 7 heteroatoms. The molecule has 1 fully saturated rings. The minimum atomic E-state index is -0.630. The van der Waals surface area contributed by atoms with Crippen molar-refractivity contribution in [1.82, 2.24) is 4.90 Å². The summed E-state index contributed by atoms with van der Waals surface area (Å²) >= 11 is 0. The van der Waals surface area contributed by atoms with Crippen LogP contribution in [0.25, 0.3) is 0 Å². The number of morpholine rings is 1. The summed E-state index contributed by atoms with van der Waals surface area (Å²) in [5, 5.41) is 11.2. The van der Waals surface area contributed by atoms with E-state index in [1.165, 1.54) is 12.1 Å². The number of carbonyl (C=O) groups is 1. The van der Waals surface area contributed by atoms with E-state index in [4.69, 9.17) is 15.7 Å². The van der Waals surface area contributed by atoms with Gasteiger partial charge in [0, 0.05) is 13.1 Å². The Morgan fingerprint density at radius 1 is 1.62 bits per heavy atom. The quantitative estimate of drug-likeness (QED) is 0.878. The summed E-state index contributed by atoms with van der Waals surface area (Å²) in [5.41, 5.74) is 5.74. The first-order valence-corrected chi connectivity index (χ1v) is 6.71. The van der Waals surface area contributed by atoms with E-state index in [1.807, 2.05) is 6.07 Å². The number of nitrogens with two attached hydrogens (primary N) is 1. The van der Waals surface area contributed by atoms with Gasteiger partial charge in [-0.3, -0.25) is 0 Å². The first-order chi connectivity index (χ1) is 10.1. The van der Waals surface area contributed by atoms with E-state index in [0.29, 0.717) is 32.7 Å². The Kier molecular flexibility index (Phi) is 5.09. The van der Waals surface area contributed by atoms with Gasteiger partial charge in [-0.1, -0.05) is 0 Å². The minimum absolute atomic E-state index is 0.0564. The van der Waals surface area contributed by atoms with E-state index in [2.05, 4.69) is 5.32 Å². The van der Waals surface area contributed by atoms with E-state index >= 15 is 0 Å². The van der Waals surface area contributed by atoms with Crippen LogP contribution in [-0.4, -0.2) is 43.3 Å². The average molecular weight is 292 g/mol. The molecule has 0 unspecified atom stereocenters. The van der Waals surface area contributed by atoms with E-state index in [-0.39, 0.29) is 23.4 Å². The third kappa shape index (κ3) is 3.90. The molecule has 0 radical (unpaired) electrons. The van der Waals surface area contributed by atoms with Gasteiger partial charge >= 0.3 is 6.03 Å². The van der Waals surface area contributed by atoms with Crippen molar-refractivity contribution in [1.29, 1.82) is 5.26 Å². The number of benzene rings is 1. The number of urea groups is 1. The van der Waals surface area contributed by atoms with Gasteiger partial charge in [-0.15, -0.1) is 0 Å². The Labute approximate surface area is 122 Å². The number of hydrogen-bond donors (Lipinski definition) is 2. The second-order valence-electron chi connectivity index (χ2n) is 4.75. The Morgan fingerprint density at radius 3 is 3.10 bits per heavy atom. The highest BCUT2D eigenvalue weighted by molar-refractivity contribution is 5.89. The highest BCUT2D eigenvalue weighted by Gasteiger charge is 2.24. The van der Waals surface area contributed by atoms with Gasteiger partial charge in [-0.05, 0) is 31.2 Å². The molecule has 0 saturated carbocycles. The predicted molar refractivity (Wildman–Crippen MR) is 75.1 cm³/mol. The Morgan fingerprint density at radius 2 is 2.43 bits per heavy atom. The van der Waals surface area contributed by atoms with Gasteiger partial charge in [0.2, 0.25) is 0 Å². The van der Waals surface area contributed by atoms with Crippen LogP contribution in [0.3, 0.4) is 0 Å². The fraction of sp³-hybridized carbons (Fsp3) is 0.429. The third-order valence-electron chi connectivity index (χ3n) is 3.25. The van der Waals surface area contributed by atoms with Crippen LogP contribution in [0, 0.1) is 17.1 Å². The van der Waals surface area contributed by atoms with Gasteiger partial charge in [0.25, 0.3) is 0 Å². The number of rotatable bonds is 3. The largest absolute Gasteiger partial charge is 0.374 e. The predicted octanol–water partition coefficient (Wildman–Crippen LogP) is 1.28. The Bertz CT molecular complexity index is 556. The number of nitriles is 1. The molecular formula is C14H17FN4O2. The van der Waals surface area contributed by atoms with Crippen molar-refractivity contribution in [3.63, 3.8) is 0 Å². The highest BCUT2D eigenvalue weighted by Crippen LogP contribution is 2.17. The highest BCUT2D eigenvalue weighted by atomic mass is 19.1. The van der Waals surface area contributed by atoms with E-state index < -0.39 is 5.82 Å². The SMILES string of the molecule is N#Cc1ccc(NC(=O)N2CCO[C@@H](CCN)C2)c(F)c1. The second-order valence-corrected chi connectivity index (χ2v) is 4.75. The van der Waals surface area contributed by atoms with Crippen molar-refractivity contribution in [3.8, 4) is 6.07 Å². The van der Waals surface area contributed by atoms with Gasteiger partial charge in [0.1, 0.15) is 5.82 Å². The summed E-state index contributed by atoms with van der Waals surface area (Å²) < 4.78 is 19.2. The van der Waals surface area contributed by atoms with E-state index in [0.717, 1.165) is 6.07 Å². The number of halogens is 1. The zero-order valence-corrected chi connectivity index (χ0v) is 11.5. The van der Waals surface area contributed by atoms with Crippen LogP contribution in [0.5, 0.6) is 0 Å². The second kappa shape index (κ2) is 7.02. The Hall–Kier alpha value is -2.17. The summed E-state index contributed by atoms with van der Waals surface area (Å²) in [6, 6.07) is 5.38. The molecule has 1 aliphatic rings. The first-order valence-electron chi connectivity index (χ1n) is 6.71. The molecule has 2 rings (SSSR count). The van der Waals surface area contributed by atoms with Crippen LogP contribution in [0.2, 0.25) is 0 Å². The summed E-state index contributed by atoms with van der Waals surface area (Å²) in [5.74, 6) is -0.630. The normalized spacial score (nSPS) is 18.1. The molecule has 1 aliphatic heterocycles. The maximum Gasteiger partial charge on any atom is 0.322 e. The topological polar surface area (TPSA) is 91.4 Å². The van der Waals surface area contributed by atoms with Crippen molar-refractivity contribution in [2.45, 2.75) is 12.5 Å². The molecule has 2 amide bonds. The lowest BCUT2D eigenvalue weighted by Gasteiger charge is -2.32. The smallest absolute Gasteiger partial charge is 0.322 e. The zero-order chi connectivity index (χ0) is 15.2. The maximum atomic E-state index is 13.7. The minimum Gasteiger partial charge on any atom is -0.374 e. The standard InChI is InChI=1S/C14H17FN4O2/c15-12-7-10(8-17)1-2-13(12)18-14(20)19-5-6-21-11(9-19)3-4-16/h1-2,7,11H,3-6,9,16H2,(H,18,20)/t11-/m0/s1. The maximum absolute atomic E-state index is 13.7. The molecule has 112 valence electrons. The number of ether oxygens (including phenoxy) is 1. The molecule has 0 spiro atoms. The molecule has 3 N–H and O–H groups in total. The number of nitrogens with zero attached hydrogens (tertiary/aromatic N) is 2. The number of carbonyl (C=O) groups excluding carboxylic acids is 1. The van der Waals surface area contributed by atoms with Crippen molar-refractivity contribution >= 4 is 11.7 Å². The van der Waals surface area contributed by atoms with Crippen LogP contribution in [-0.2, 0) is 4.74 Å². The van der Waals surface area contributed by atoms with Gasteiger partial charge in [0.15, 0.2) is 0 Å². The Balaban J connectivity index is 1.99. The zero-order valence-electron chi connectivity index (χ0n) is 11.5. The van der Waals surface area contributed by atoms with Crippen molar-refractivity contribution in [3.05, 3.63) is 29.6 Å². The lowest BCUT2D eigenvalue weighted by molar-refractivity contribution is -0.0146. The van der Waals surface area contributed by atoms with Crippen LogP contribution >= 0.6 is 0 Å². The van der Waals surface area contributed by atoms with Crippen LogP contribution in [0.1, 0.15) is 12.0 Å². The fourth-order valence-electron chi connectivity index (χ4n) is 2.14. The lowest BCUT2D eigenvalue weighted by atomic mass is 10.2. The fourth-order valence-corrected chi connectivity index (χ4v) is 2.14. The van der Waals surface area contributed by atoms with Crippen LogP contribution in [0.4, 0.5) is 14.9 Å². The lowest BCUT2D eigenvalue weighted by Crippen LogP contribution is -2.47. The third-order valence-corrected chi connectivity index (χ3v) is 3.25. The van der Waals surface area contributed by atoms with Crippen molar-refractivity contribution in [2.75, 3.05) is 31.6 Å². The molecule has 1 atom stereocenters. The molecule has 1 saturated heterocycles. The summed E-state index contributed by atoms with van der Waals surface area (Å²) in [4.78, 5) is 13.7. The molecular weight excluding hydrogens is 275 g/mol. The van der Waals surface area contributed by atoms with Crippen molar-refractivity contribution in [2.24, 2.45) is 5.73 Å². The average Bonchev–Trinajstić information content (AvgIpc) is 2.50. The monoisotopic (exact) mass is 292 g/mol. The van der Waals surface area contributed by atoms with Gasteiger partial charge < -0.3 is 20.7 Å². The molecule has 1 aromatic rings. The number of amides is 2. The number of hydrogen-bond acceptors (Lipinski definition) is 4. The van der Waals surface area contributed by atoms with Gasteiger partial charge in [-0.25, -0.2) is 9.18 Å². The molecule has 1 heterocycles. The number of anilines is 1. The summed E-state index contributed by atoms with van der Waals surface area (Å²) in [7, 11) is 0. The summed E-state index contributed by atoms with van der Waals surface area (Å²) in [6.45, 7) is 1.81. The molecule has 6 nitrogen and oxygen atoms in total. The van der Waals surface area contributed by atoms with Gasteiger partial charge in [0.05, 0.1) is 30.0 Å².